The molecule has 0 radical (unpaired) electrons. The van der Waals surface area contributed by atoms with Crippen molar-refractivity contribution in [2.45, 2.75) is 12.5 Å². The van der Waals surface area contributed by atoms with Gasteiger partial charge >= 0.3 is 0 Å². The van der Waals surface area contributed by atoms with E-state index in [0.717, 1.165) is 5.69 Å². The van der Waals surface area contributed by atoms with E-state index in [2.05, 4.69) is 5.16 Å². The summed E-state index contributed by atoms with van der Waals surface area (Å²) in [7, 11) is -1.05. The number of nitrogens with zero attached hydrogens (tertiary/aromatic N) is 2. The minimum atomic E-state index is -2.91. The second-order valence-electron chi connectivity index (χ2n) is 4.70. The third-order valence-electron chi connectivity index (χ3n) is 3.41. The van der Waals surface area contributed by atoms with E-state index in [0.29, 0.717) is 12.0 Å². The van der Waals surface area contributed by atoms with Crippen molar-refractivity contribution in [3.8, 4) is 0 Å². The molecule has 6 nitrogen and oxygen atoms in total. The van der Waals surface area contributed by atoms with Crippen LogP contribution in [0, 0.1) is 0 Å². The van der Waals surface area contributed by atoms with Crippen LogP contribution in [0.4, 0.5) is 5.69 Å². The topological polar surface area (TPSA) is 96.0 Å². The molecule has 1 atom stereocenters. The van der Waals surface area contributed by atoms with Crippen LogP contribution in [0.25, 0.3) is 0 Å². The zero-order valence-corrected chi connectivity index (χ0v) is 11.5. The predicted molar refractivity (Wildman–Crippen MR) is 74.4 cm³/mol. The number of nitrogens with two attached hydrogens (primary N) is 1. The van der Waals surface area contributed by atoms with Crippen molar-refractivity contribution < 1.29 is 13.6 Å². The highest BCUT2D eigenvalue weighted by Crippen LogP contribution is 2.23. The number of sulfone groups is 1. The first-order valence-electron chi connectivity index (χ1n) is 5.94. The fraction of sp³-hybridized carbons (Fsp3) is 0.417. The van der Waals surface area contributed by atoms with Crippen molar-refractivity contribution >= 4 is 21.4 Å². The van der Waals surface area contributed by atoms with Crippen molar-refractivity contribution in [3.05, 3.63) is 29.8 Å². The number of anilines is 1. The summed E-state index contributed by atoms with van der Waals surface area (Å²) in [5.74, 6) is 0.452. The van der Waals surface area contributed by atoms with Gasteiger partial charge in [-0.25, -0.2) is 8.42 Å². The molecule has 1 aromatic rings. The number of amidine groups is 1. The molecule has 1 fully saturated rings. The molecule has 0 aromatic heterocycles. The standard InChI is InChI=1S/C12H17N3O3S/c1-15(11-5-6-19(17,18)8-11)10-4-2-3-9(7-10)12(13)14-16/h2-4,7,11,16H,5-6,8H2,1H3,(H2,13,14). The smallest absolute Gasteiger partial charge is 0.170 e. The molecule has 0 amide bonds. The van der Waals surface area contributed by atoms with Gasteiger partial charge in [0.1, 0.15) is 0 Å². The number of hydrogen-bond acceptors (Lipinski definition) is 5. The number of benzene rings is 1. The molecule has 1 saturated heterocycles. The van der Waals surface area contributed by atoms with Crippen LogP contribution in [-0.2, 0) is 9.84 Å². The highest BCUT2D eigenvalue weighted by Gasteiger charge is 2.30. The minimum absolute atomic E-state index is 0.0208. The number of hydrogen-bond donors (Lipinski definition) is 2. The molecule has 1 aliphatic rings. The van der Waals surface area contributed by atoms with Crippen molar-refractivity contribution in [1.82, 2.24) is 0 Å². The van der Waals surface area contributed by atoms with Crippen LogP contribution in [0.15, 0.2) is 29.4 Å². The Morgan fingerprint density at radius 1 is 1.53 bits per heavy atom. The largest absolute Gasteiger partial charge is 0.409 e. The summed E-state index contributed by atoms with van der Waals surface area (Å²) < 4.78 is 23.0. The Morgan fingerprint density at radius 2 is 2.26 bits per heavy atom. The molecule has 104 valence electrons. The zero-order chi connectivity index (χ0) is 14.0. The van der Waals surface area contributed by atoms with Gasteiger partial charge in [0.2, 0.25) is 0 Å². The Labute approximate surface area is 112 Å². The Morgan fingerprint density at radius 3 is 2.84 bits per heavy atom. The second-order valence-corrected chi connectivity index (χ2v) is 6.93. The van der Waals surface area contributed by atoms with E-state index in [1.54, 1.807) is 18.2 Å². The predicted octanol–water partition coefficient (Wildman–Crippen LogP) is 0.404. The van der Waals surface area contributed by atoms with Crippen molar-refractivity contribution in [1.29, 1.82) is 0 Å². The molecular formula is C12H17N3O3S. The van der Waals surface area contributed by atoms with Crippen LogP contribution < -0.4 is 10.6 Å². The average Bonchev–Trinajstić information content (AvgIpc) is 2.77. The fourth-order valence-electron chi connectivity index (χ4n) is 2.23. The molecule has 1 heterocycles. The summed E-state index contributed by atoms with van der Waals surface area (Å²) in [5.41, 5.74) is 7.00. The van der Waals surface area contributed by atoms with E-state index in [9.17, 15) is 8.42 Å². The summed E-state index contributed by atoms with van der Waals surface area (Å²) in [6, 6.07) is 7.16. The summed E-state index contributed by atoms with van der Waals surface area (Å²) in [6.45, 7) is 0. The quantitative estimate of drug-likeness (QED) is 0.362. The van der Waals surface area contributed by atoms with Crippen molar-refractivity contribution in [3.63, 3.8) is 0 Å². The molecule has 1 aliphatic heterocycles. The van der Waals surface area contributed by atoms with Crippen LogP contribution in [0.3, 0.4) is 0 Å². The lowest BCUT2D eigenvalue weighted by Crippen LogP contribution is -2.32. The van der Waals surface area contributed by atoms with Gasteiger partial charge in [-0.15, -0.1) is 0 Å². The van der Waals surface area contributed by atoms with E-state index in [-0.39, 0.29) is 23.4 Å². The van der Waals surface area contributed by atoms with Gasteiger partial charge in [-0.1, -0.05) is 17.3 Å². The van der Waals surface area contributed by atoms with Crippen molar-refractivity contribution in [2.24, 2.45) is 10.9 Å². The maximum Gasteiger partial charge on any atom is 0.170 e. The minimum Gasteiger partial charge on any atom is -0.409 e. The van der Waals surface area contributed by atoms with Crippen LogP contribution in [0.1, 0.15) is 12.0 Å². The Balaban J connectivity index is 2.23. The Bertz CT molecular complexity index is 598. The molecule has 7 heteroatoms. The third-order valence-corrected chi connectivity index (χ3v) is 5.16. The Kier molecular flexibility index (Phi) is 3.66. The van der Waals surface area contributed by atoms with E-state index in [1.165, 1.54) is 0 Å². The Hall–Kier alpha value is -1.76. The number of oxime groups is 1. The van der Waals surface area contributed by atoms with E-state index in [4.69, 9.17) is 10.9 Å². The van der Waals surface area contributed by atoms with Gasteiger partial charge in [-0.05, 0) is 18.6 Å². The normalized spacial score (nSPS) is 22.4. The lowest BCUT2D eigenvalue weighted by atomic mass is 10.1. The summed E-state index contributed by atoms with van der Waals surface area (Å²) in [5, 5.41) is 11.6. The van der Waals surface area contributed by atoms with Gasteiger partial charge in [0, 0.05) is 24.3 Å². The fourth-order valence-corrected chi connectivity index (χ4v) is 4.01. The molecule has 2 rings (SSSR count). The highest BCUT2D eigenvalue weighted by atomic mass is 32.2. The molecule has 1 unspecified atom stereocenters. The van der Waals surface area contributed by atoms with Gasteiger partial charge in [-0.2, -0.15) is 0 Å². The lowest BCUT2D eigenvalue weighted by molar-refractivity contribution is 0.318. The maximum absolute atomic E-state index is 11.5. The molecule has 1 aromatic carbocycles. The molecule has 0 bridgehead atoms. The monoisotopic (exact) mass is 283 g/mol. The summed E-state index contributed by atoms with van der Waals surface area (Å²) in [4.78, 5) is 1.93. The first kappa shape index (κ1) is 13.7. The first-order valence-corrected chi connectivity index (χ1v) is 7.76. The van der Waals surface area contributed by atoms with E-state index >= 15 is 0 Å². The summed E-state index contributed by atoms with van der Waals surface area (Å²) in [6.07, 6.45) is 0.632. The molecule has 0 saturated carbocycles. The van der Waals surface area contributed by atoms with E-state index in [1.807, 2.05) is 18.0 Å². The highest BCUT2D eigenvalue weighted by molar-refractivity contribution is 7.91. The van der Waals surface area contributed by atoms with Gasteiger partial charge in [0.15, 0.2) is 15.7 Å². The third kappa shape index (κ3) is 2.98. The SMILES string of the molecule is CN(c1cccc(C(N)=NO)c1)C1CCS(=O)(=O)C1. The zero-order valence-electron chi connectivity index (χ0n) is 10.7. The van der Waals surface area contributed by atoms with Crippen molar-refractivity contribution in [2.75, 3.05) is 23.5 Å². The maximum atomic E-state index is 11.5. The first-order chi connectivity index (χ1) is 8.93. The molecule has 3 N–H and O–H groups in total. The van der Waals surface area contributed by atoms with Gasteiger partial charge in [0.05, 0.1) is 11.5 Å². The molecular weight excluding hydrogens is 266 g/mol. The molecule has 0 spiro atoms. The molecule has 19 heavy (non-hydrogen) atoms. The lowest BCUT2D eigenvalue weighted by Gasteiger charge is -2.26. The molecule has 0 aliphatic carbocycles. The average molecular weight is 283 g/mol. The van der Waals surface area contributed by atoms with Crippen LogP contribution in [0.2, 0.25) is 0 Å². The van der Waals surface area contributed by atoms with Crippen LogP contribution in [0.5, 0.6) is 0 Å². The van der Waals surface area contributed by atoms with Gasteiger partial charge in [0.25, 0.3) is 0 Å². The van der Waals surface area contributed by atoms with Crippen LogP contribution in [-0.4, -0.2) is 44.1 Å². The number of rotatable bonds is 3. The van der Waals surface area contributed by atoms with Gasteiger partial charge in [-0.3, -0.25) is 0 Å². The van der Waals surface area contributed by atoms with Gasteiger partial charge < -0.3 is 15.8 Å². The van der Waals surface area contributed by atoms with E-state index < -0.39 is 9.84 Å². The second kappa shape index (κ2) is 5.08. The summed E-state index contributed by atoms with van der Waals surface area (Å²) >= 11 is 0. The van der Waals surface area contributed by atoms with Crippen LogP contribution >= 0.6 is 0 Å².